The molecule has 0 aliphatic heterocycles. The summed E-state index contributed by atoms with van der Waals surface area (Å²) in [5, 5.41) is 12.0. The van der Waals surface area contributed by atoms with Gasteiger partial charge in [-0.2, -0.15) is 0 Å². The summed E-state index contributed by atoms with van der Waals surface area (Å²) in [4.78, 5) is 23.7. The average Bonchev–Trinajstić information content (AvgIpc) is 2.46. The number of amides is 1. The van der Waals surface area contributed by atoms with Gasteiger partial charge >= 0.3 is 5.97 Å². The summed E-state index contributed by atoms with van der Waals surface area (Å²) < 4.78 is 5.47. The predicted molar refractivity (Wildman–Crippen MR) is 89.3 cm³/mol. The zero-order valence-corrected chi connectivity index (χ0v) is 14.6. The summed E-state index contributed by atoms with van der Waals surface area (Å²) in [6.45, 7) is 10.1. The van der Waals surface area contributed by atoms with Gasteiger partial charge in [-0.05, 0) is 49.8 Å². The molecule has 0 bridgehead atoms. The molecule has 0 saturated carbocycles. The second-order valence-corrected chi connectivity index (χ2v) is 6.32. The minimum Gasteiger partial charge on any atom is -0.479 e. The van der Waals surface area contributed by atoms with Crippen LogP contribution in [-0.4, -0.2) is 29.7 Å². The van der Waals surface area contributed by atoms with Crippen LogP contribution in [0.4, 0.5) is 0 Å². The maximum Gasteiger partial charge on any atom is 0.330 e. The first-order valence-electron chi connectivity index (χ1n) is 7.94. The van der Waals surface area contributed by atoms with Gasteiger partial charge in [-0.15, -0.1) is 0 Å². The molecule has 0 aliphatic rings. The highest BCUT2D eigenvalue weighted by molar-refractivity contribution is 5.86. The Morgan fingerprint density at radius 3 is 2.35 bits per heavy atom. The predicted octanol–water partition coefficient (Wildman–Crippen LogP) is 3.00. The first-order chi connectivity index (χ1) is 10.7. The first kappa shape index (κ1) is 19.2. The highest BCUT2D eigenvalue weighted by Crippen LogP contribution is 2.18. The van der Waals surface area contributed by atoms with Crippen molar-refractivity contribution < 1.29 is 19.4 Å². The lowest BCUT2D eigenvalue weighted by atomic mass is 10.0. The third kappa shape index (κ3) is 6.02. The largest absolute Gasteiger partial charge is 0.479 e. The Labute approximate surface area is 138 Å². The lowest BCUT2D eigenvalue weighted by molar-refractivity contribution is -0.144. The Hall–Kier alpha value is -1.88. The number of benzene rings is 1. The van der Waals surface area contributed by atoms with E-state index in [4.69, 9.17) is 4.74 Å². The van der Waals surface area contributed by atoms with E-state index < -0.39 is 24.0 Å². The number of carbonyl (C=O) groups is 2. The number of carbonyl (C=O) groups excluding carboxylic acids is 1. The van der Waals surface area contributed by atoms with E-state index in [1.54, 1.807) is 19.1 Å². The van der Waals surface area contributed by atoms with Crippen molar-refractivity contribution in [2.75, 3.05) is 6.61 Å². The van der Waals surface area contributed by atoms with Gasteiger partial charge in [0.1, 0.15) is 6.10 Å². The van der Waals surface area contributed by atoms with Crippen molar-refractivity contribution in [3.63, 3.8) is 0 Å². The Bertz CT molecular complexity index is 554. The topological polar surface area (TPSA) is 75.6 Å². The van der Waals surface area contributed by atoms with E-state index in [1.807, 2.05) is 19.9 Å². The molecule has 0 aliphatic carbocycles. The van der Waals surface area contributed by atoms with Crippen LogP contribution >= 0.6 is 0 Å². The smallest absolute Gasteiger partial charge is 0.330 e. The maximum atomic E-state index is 12.2. The van der Waals surface area contributed by atoms with Gasteiger partial charge in [-0.25, -0.2) is 4.79 Å². The standard InChI is InChI=1S/C18H27NO4/c1-11(2)8-9-23-14(5)17(20)19-16(18(21)22)15-7-6-12(3)13(4)10-15/h6-7,10-11,14,16H,8-9H2,1-5H3,(H,19,20)(H,21,22). The zero-order valence-electron chi connectivity index (χ0n) is 14.6. The third-order valence-corrected chi connectivity index (χ3v) is 3.83. The molecule has 0 heterocycles. The van der Waals surface area contributed by atoms with Crippen LogP contribution in [-0.2, 0) is 14.3 Å². The minimum absolute atomic E-state index is 0.417. The van der Waals surface area contributed by atoms with Crippen molar-refractivity contribution in [2.45, 2.75) is 53.2 Å². The van der Waals surface area contributed by atoms with E-state index in [9.17, 15) is 14.7 Å². The minimum atomic E-state index is -1.09. The van der Waals surface area contributed by atoms with Gasteiger partial charge in [0.05, 0.1) is 0 Å². The van der Waals surface area contributed by atoms with Crippen LogP contribution in [0, 0.1) is 19.8 Å². The van der Waals surface area contributed by atoms with Crippen LogP contribution in [0.5, 0.6) is 0 Å². The number of carboxylic acids is 1. The highest BCUT2D eigenvalue weighted by Gasteiger charge is 2.25. The number of rotatable bonds is 8. The van der Waals surface area contributed by atoms with Crippen molar-refractivity contribution in [2.24, 2.45) is 5.92 Å². The summed E-state index contributed by atoms with van der Waals surface area (Å²) in [6.07, 6.45) is 0.180. The molecule has 0 saturated heterocycles. The Kier molecular flexibility index (Phi) is 7.23. The fourth-order valence-electron chi connectivity index (χ4n) is 2.05. The molecule has 0 fully saturated rings. The highest BCUT2D eigenvalue weighted by atomic mass is 16.5. The van der Waals surface area contributed by atoms with E-state index >= 15 is 0 Å². The molecule has 5 heteroatoms. The van der Waals surface area contributed by atoms with Gasteiger partial charge < -0.3 is 15.2 Å². The lowest BCUT2D eigenvalue weighted by Crippen LogP contribution is -2.40. The first-order valence-corrected chi connectivity index (χ1v) is 7.94. The van der Waals surface area contributed by atoms with Crippen molar-refractivity contribution in [1.82, 2.24) is 5.32 Å². The van der Waals surface area contributed by atoms with Crippen LogP contribution < -0.4 is 5.32 Å². The monoisotopic (exact) mass is 321 g/mol. The molecule has 2 atom stereocenters. The number of hydrogen-bond acceptors (Lipinski definition) is 3. The molecule has 5 nitrogen and oxygen atoms in total. The molecule has 1 aromatic rings. The molecule has 0 radical (unpaired) electrons. The molecule has 0 spiro atoms. The van der Waals surface area contributed by atoms with Crippen LogP contribution in [0.1, 0.15) is 49.9 Å². The summed E-state index contributed by atoms with van der Waals surface area (Å²) >= 11 is 0. The van der Waals surface area contributed by atoms with Crippen molar-refractivity contribution in [3.8, 4) is 0 Å². The number of hydrogen-bond donors (Lipinski definition) is 2. The molecule has 1 aromatic carbocycles. The van der Waals surface area contributed by atoms with Crippen molar-refractivity contribution in [1.29, 1.82) is 0 Å². The number of ether oxygens (including phenoxy) is 1. The Morgan fingerprint density at radius 1 is 1.17 bits per heavy atom. The molecule has 23 heavy (non-hydrogen) atoms. The third-order valence-electron chi connectivity index (χ3n) is 3.83. The normalized spacial score (nSPS) is 13.7. The zero-order chi connectivity index (χ0) is 17.6. The summed E-state index contributed by atoms with van der Waals surface area (Å²) in [7, 11) is 0. The Balaban J connectivity index is 2.73. The molecular formula is C18H27NO4. The molecule has 2 unspecified atom stereocenters. The molecular weight excluding hydrogens is 294 g/mol. The average molecular weight is 321 g/mol. The summed E-state index contributed by atoms with van der Waals surface area (Å²) in [5.41, 5.74) is 2.63. The van der Waals surface area contributed by atoms with Gasteiger partial charge in [0.2, 0.25) is 5.91 Å². The quantitative estimate of drug-likeness (QED) is 0.772. The van der Waals surface area contributed by atoms with Gasteiger partial charge in [0, 0.05) is 6.61 Å². The summed E-state index contributed by atoms with van der Waals surface area (Å²) in [6, 6.07) is 4.30. The molecule has 2 N–H and O–H groups in total. The maximum absolute atomic E-state index is 12.2. The molecule has 128 valence electrons. The molecule has 1 rings (SSSR count). The van der Waals surface area contributed by atoms with Gasteiger partial charge in [0.25, 0.3) is 0 Å². The lowest BCUT2D eigenvalue weighted by Gasteiger charge is -2.19. The van der Waals surface area contributed by atoms with E-state index in [0.29, 0.717) is 18.1 Å². The number of aliphatic carboxylic acids is 1. The van der Waals surface area contributed by atoms with Crippen LogP contribution in [0.15, 0.2) is 18.2 Å². The Morgan fingerprint density at radius 2 is 1.83 bits per heavy atom. The number of aryl methyl sites for hydroxylation is 2. The fourth-order valence-corrected chi connectivity index (χ4v) is 2.05. The van der Waals surface area contributed by atoms with Crippen LogP contribution in [0.3, 0.4) is 0 Å². The van der Waals surface area contributed by atoms with Crippen molar-refractivity contribution in [3.05, 3.63) is 34.9 Å². The van der Waals surface area contributed by atoms with E-state index in [0.717, 1.165) is 17.5 Å². The van der Waals surface area contributed by atoms with Crippen molar-refractivity contribution >= 4 is 11.9 Å². The van der Waals surface area contributed by atoms with E-state index in [2.05, 4.69) is 19.2 Å². The van der Waals surface area contributed by atoms with Gasteiger partial charge in [-0.3, -0.25) is 4.79 Å². The van der Waals surface area contributed by atoms with E-state index in [-0.39, 0.29) is 0 Å². The molecule has 0 aromatic heterocycles. The van der Waals surface area contributed by atoms with E-state index in [1.165, 1.54) is 0 Å². The molecule has 1 amide bonds. The van der Waals surface area contributed by atoms with Crippen LogP contribution in [0.25, 0.3) is 0 Å². The second-order valence-electron chi connectivity index (χ2n) is 6.32. The van der Waals surface area contributed by atoms with Crippen LogP contribution in [0.2, 0.25) is 0 Å². The van der Waals surface area contributed by atoms with Gasteiger partial charge in [0.15, 0.2) is 6.04 Å². The number of nitrogens with one attached hydrogen (secondary N) is 1. The SMILES string of the molecule is Cc1ccc(C(NC(=O)C(C)OCCC(C)C)C(=O)O)cc1C. The number of carboxylic acid groups (broad SMARTS) is 1. The van der Waals surface area contributed by atoms with Gasteiger partial charge in [-0.1, -0.05) is 32.0 Å². The fraction of sp³-hybridized carbons (Fsp3) is 0.556. The summed E-state index contributed by atoms with van der Waals surface area (Å²) in [5.74, 6) is -1.01. The second kappa shape index (κ2) is 8.67.